The monoisotopic (exact) mass is 320 g/mol. The van der Waals surface area contributed by atoms with Gasteiger partial charge in [-0.3, -0.25) is 14.9 Å². The number of hydrogen-bond acceptors (Lipinski definition) is 8. The number of rotatable bonds is 6. The first kappa shape index (κ1) is 16.8. The molecule has 21 heavy (non-hydrogen) atoms. The Hall–Kier alpha value is -2.24. The minimum absolute atomic E-state index is 0.547. The number of phenols is 1. The summed E-state index contributed by atoms with van der Waals surface area (Å²) < 4.78 is 30.1. The van der Waals surface area contributed by atoms with Crippen molar-refractivity contribution in [2.24, 2.45) is 0 Å². The molecular weight excluding hydrogens is 308 g/mol. The fourth-order valence-corrected chi connectivity index (χ4v) is 2.57. The summed E-state index contributed by atoms with van der Waals surface area (Å²) in [7, 11) is -3.32. The number of sulfonamides is 1. The first-order valence-corrected chi connectivity index (χ1v) is 6.89. The van der Waals surface area contributed by atoms with Crippen molar-refractivity contribution in [3.63, 3.8) is 0 Å². The number of phenolic OH excluding ortho intramolecular Hbond substituents is 1. The van der Waals surface area contributed by atoms with Crippen molar-refractivity contribution in [1.29, 1.82) is 0 Å². The lowest BCUT2D eigenvalue weighted by Crippen LogP contribution is -2.43. The summed E-state index contributed by atoms with van der Waals surface area (Å²) in [5.74, 6) is -1.72. The van der Waals surface area contributed by atoms with Gasteiger partial charge in [0.25, 0.3) is 0 Å². The molecule has 0 amide bonds. The molecule has 0 spiro atoms. The van der Waals surface area contributed by atoms with Crippen molar-refractivity contribution in [2.45, 2.75) is 10.9 Å². The molecule has 11 heteroatoms. The van der Waals surface area contributed by atoms with E-state index in [0.717, 1.165) is 19.2 Å². The van der Waals surface area contributed by atoms with Crippen molar-refractivity contribution in [1.82, 2.24) is 4.72 Å². The van der Waals surface area contributed by atoms with Gasteiger partial charge in [-0.25, -0.2) is 8.42 Å². The lowest BCUT2D eigenvalue weighted by molar-refractivity contribution is -0.386. The van der Waals surface area contributed by atoms with Crippen molar-refractivity contribution in [3.8, 4) is 5.75 Å². The Morgan fingerprint density at radius 2 is 2.14 bits per heavy atom. The SMILES string of the molecule is COC(=O)C(CO)NS(=O)(=O)c1ccc(O)c([N+](=O)[O-])c1. The van der Waals surface area contributed by atoms with Gasteiger partial charge in [0.15, 0.2) is 5.75 Å². The second-order valence-corrected chi connectivity index (χ2v) is 5.50. The van der Waals surface area contributed by atoms with E-state index >= 15 is 0 Å². The Bertz CT molecular complexity index is 657. The molecular formula is C10H12N2O8S. The van der Waals surface area contributed by atoms with Gasteiger partial charge in [0.1, 0.15) is 6.04 Å². The standard InChI is InChI=1S/C10H12N2O8S/c1-20-10(15)7(5-13)11-21(18,19)6-2-3-9(14)8(4-6)12(16)17/h2-4,7,11,13-14H,5H2,1H3. The van der Waals surface area contributed by atoms with Gasteiger partial charge >= 0.3 is 11.7 Å². The second-order valence-electron chi connectivity index (χ2n) is 3.79. The smallest absolute Gasteiger partial charge is 0.326 e. The second kappa shape index (κ2) is 6.47. The van der Waals surface area contributed by atoms with Crippen LogP contribution < -0.4 is 4.72 Å². The molecule has 1 unspecified atom stereocenters. The summed E-state index contributed by atoms with van der Waals surface area (Å²) in [4.78, 5) is 20.4. The number of nitrogens with one attached hydrogen (secondary N) is 1. The van der Waals surface area contributed by atoms with Crippen molar-refractivity contribution < 1.29 is 33.1 Å². The topological polar surface area (TPSA) is 156 Å². The van der Waals surface area contributed by atoms with E-state index in [1.54, 1.807) is 0 Å². The lowest BCUT2D eigenvalue weighted by Gasteiger charge is -2.14. The van der Waals surface area contributed by atoms with Gasteiger partial charge in [-0.1, -0.05) is 0 Å². The first-order chi connectivity index (χ1) is 9.72. The molecule has 116 valence electrons. The van der Waals surface area contributed by atoms with E-state index in [2.05, 4.69) is 4.74 Å². The van der Waals surface area contributed by atoms with E-state index in [1.807, 2.05) is 4.72 Å². The number of carbonyl (C=O) groups is 1. The van der Waals surface area contributed by atoms with Crippen molar-refractivity contribution in [2.75, 3.05) is 13.7 Å². The highest BCUT2D eigenvalue weighted by molar-refractivity contribution is 7.89. The Labute approximate surface area is 119 Å². The number of esters is 1. The van der Waals surface area contributed by atoms with Crippen LogP contribution in [0.15, 0.2) is 23.1 Å². The van der Waals surface area contributed by atoms with Gasteiger partial charge in [0, 0.05) is 6.07 Å². The van der Waals surface area contributed by atoms with Gasteiger partial charge < -0.3 is 14.9 Å². The molecule has 1 aromatic carbocycles. The van der Waals surface area contributed by atoms with Crippen LogP contribution in [-0.4, -0.2) is 49.3 Å². The molecule has 0 radical (unpaired) electrons. The zero-order valence-corrected chi connectivity index (χ0v) is 11.5. The molecule has 0 heterocycles. The average Bonchev–Trinajstić information content (AvgIpc) is 2.43. The molecule has 3 N–H and O–H groups in total. The van der Waals surface area contributed by atoms with E-state index in [4.69, 9.17) is 5.11 Å². The van der Waals surface area contributed by atoms with Gasteiger partial charge in [0.2, 0.25) is 10.0 Å². The van der Waals surface area contributed by atoms with Crippen LogP contribution in [0.3, 0.4) is 0 Å². The number of nitro groups is 1. The first-order valence-electron chi connectivity index (χ1n) is 5.41. The Morgan fingerprint density at radius 3 is 2.62 bits per heavy atom. The van der Waals surface area contributed by atoms with Crippen LogP contribution in [0.4, 0.5) is 5.69 Å². The number of hydrogen-bond donors (Lipinski definition) is 3. The number of methoxy groups -OCH3 is 1. The molecule has 0 aromatic heterocycles. The summed E-state index contributed by atoms with van der Waals surface area (Å²) in [6, 6.07) is 0.825. The third kappa shape index (κ3) is 3.87. The van der Waals surface area contributed by atoms with E-state index in [0.29, 0.717) is 6.07 Å². The molecule has 0 fully saturated rings. The van der Waals surface area contributed by atoms with Crippen LogP contribution in [-0.2, 0) is 19.6 Å². The van der Waals surface area contributed by atoms with Gasteiger partial charge in [-0.05, 0) is 12.1 Å². The molecule has 1 atom stereocenters. The van der Waals surface area contributed by atoms with Gasteiger partial charge in [-0.2, -0.15) is 4.72 Å². The maximum Gasteiger partial charge on any atom is 0.326 e. The number of carbonyl (C=O) groups excluding carboxylic acids is 1. The summed E-state index contributed by atoms with van der Waals surface area (Å²) >= 11 is 0. The Balaban J connectivity index is 3.16. The van der Waals surface area contributed by atoms with Crippen molar-refractivity contribution >= 4 is 21.7 Å². The summed E-state index contributed by atoms with van der Waals surface area (Å²) in [6.45, 7) is -0.855. The van der Waals surface area contributed by atoms with E-state index in [9.17, 15) is 28.4 Å². The zero-order valence-electron chi connectivity index (χ0n) is 10.7. The minimum atomic E-state index is -4.33. The summed E-state index contributed by atoms with van der Waals surface area (Å²) in [6.07, 6.45) is 0. The average molecular weight is 320 g/mol. The molecule has 0 aliphatic heterocycles. The van der Waals surface area contributed by atoms with Crippen LogP contribution >= 0.6 is 0 Å². The number of aromatic hydroxyl groups is 1. The number of aliphatic hydroxyl groups is 1. The highest BCUT2D eigenvalue weighted by Crippen LogP contribution is 2.28. The van der Waals surface area contributed by atoms with Crippen molar-refractivity contribution in [3.05, 3.63) is 28.3 Å². The van der Waals surface area contributed by atoms with E-state index in [1.165, 1.54) is 0 Å². The van der Waals surface area contributed by atoms with E-state index < -0.39 is 49.9 Å². The molecule has 0 aliphatic rings. The number of benzene rings is 1. The molecule has 1 aromatic rings. The van der Waals surface area contributed by atoms with Crippen LogP contribution in [0.1, 0.15) is 0 Å². The molecule has 1 rings (SSSR count). The summed E-state index contributed by atoms with van der Waals surface area (Å²) in [5.41, 5.74) is -0.809. The van der Waals surface area contributed by atoms with Crippen LogP contribution in [0.25, 0.3) is 0 Å². The molecule has 0 saturated heterocycles. The quantitative estimate of drug-likeness (QED) is 0.346. The molecule has 0 bridgehead atoms. The third-order valence-electron chi connectivity index (χ3n) is 2.42. The van der Waals surface area contributed by atoms with Gasteiger partial charge in [-0.15, -0.1) is 0 Å². The number of aliphatic hydroxyl groups excluding tert-OH is 1. The number of nitro benzene ring substituents is 1. The fraction of sp³-hybridized carbons (Fsp3) is 0.300. The third-order valence-corrected chi connectivity index (χ3v) is 3.89. The minimum Gasteiger partial charge on any atom is -0.502 e. The van der Waals surface area contributed by atoms with Crippen LogP contribution in [0.5, 0.6) is 5.75 Å². The predicted octanol–water partition coefficient (Wildman–Crippen LogP) is -0.887. The predicted molar refractivity (Wildman–Crippen MR) is 68.0 cm³/mol. The Morgan fingerprint density at radius 1 is 1.52 bits per heavy atom. The maximum atomic E-state index is 12.0. The highest BCUT2D eigenvalue weighted by atomic mass is 32.2. The molecule has 10 nitrogen and oxygen atoms in total. The highest BCUT2D eigenvalue weighted by Gasteiger charge is 2.27. The number of ether oxygens (including phenoxy) is 1. The maximum absolute atomic E-state index is 12.0. The largest absolute Gasteiger partial charge is 0.502 e. The van der Waals surface area contributed by atoms with E-state index in [-0.39, 0.29) is 0 Å². The molecule has 0 aliphatic carbocycles. The zero-order chi connectivity index (χ0) is 16.2. The van der Waals surface area contributed by atoms with Crippen LogP contribution in [0.2, 0.25) is 0 Å². The number of nitrogens with zero attached hydrogens (tertiary/aromatic N) is 1. The Kier molecular flexibility index (Phi) is 5.18. The fourth-order valence-electron chi connectivity index (χ4n) is 1.37. The van der Waals surface area contributed by atoms with Gasteiger partial charge in [0.05, 0.1) is 23.5 Å². The molecule has 0 saturated carbocycles. The lowest BCUT2D eigenvalue weighted by atomic mass is 10.3. The normalized spacial score (nSPS) is 12.7. The summed E-state index contributed by atoms with van der Waals surface area (Å²) in [5, 5.41) is 28.9. The van der Waals surface area contributed by atoms with Crippen LogP contribution in [0, 0.1) is 10.1 Å².